The lowest BCUT2D eigenvalue weighted by atomic mass is 10.1. The third-order valence-electron chi connectivity index (χ3n) is 3.30. The molecule has 0 N–H and O–H groups in total. The Balaban J connectivity index is 2.09. The maximum atomic E-state index is 12.1. The summed E-state index contributed by atoms with van der Waals surface area (Å²) in [5.41, 5.74) is 2.28. The van der Waals surface area contributed by atoms with Gasteiger partial charge in [-0.25, -0.2) is 4.98 Å². The summed E-state index contributed by atoms with van der Waals surface area (Å²) in [7, 11) is 2.11. The second-order valence-electron chi connectivity index (χ2n) is 4.45. The number of hydrogen-bond donors (Lipinski definition) is 0. The number of piperazine rings is 1. The van der Waals surface area contributed by atoms with Crippen LogP contribution in [-0.4, -0.2) is 52.9 Å². The average molecular weight is 239 g/mol. The first kappa shape index (κ1) is 11.5. The molecule has 1 amide bonds. The zero-order chi connectivity index (χ0) is 11.7. The van der Waals surface area contributed by atoms with Gasteiger partial charge in [0, 0.05) is 30.6 Å². The highest BCUT2D eigenvalue weighted by Crippen LogP contribution is 2.16. The van der Waals surface area contributed by atoms with Crippen molar-refractivity contribution >= 4 is 17.2 Å². The minimum absolute atomic E-state index is 0.0630. The van der Waals surface area contributed by atoms with Gasteiger partial charge in [0.05, 0.1) is 5.51 Å². The largest absolute Gasteiger partial charge is 0.334 e. The number of carbonyl (C=O) groups excluding carboxylic acids is 1. The number of likely N-dealkylation sites (N-methyl/N-ethyl adjacent to an activating group) is 1. The van der Waals surface area contributed by atoms with Gasteiger partial charge in [0.2, 0.25) is 0 Å². The third kappa shape index (κ3) is 2.10. The van der Waals surface area contributed by atoms with E-state index in [-0.39, 0.29) is 5.91 Å². The standard InChI is InChI=1S/C11H17N3OS/c1-8-4-14(5-9(2)13(8)3)11(15)10-6-16-7-12-10/h6-9H,4-5H2,1-3H3. The summed E-state index contributed by atoms with van der Waals surface area (Å²) in [6.45, 7) is 5.88. The molecule has 1 aromatic rings. The summed E-state index contributed by atoms with van der Waals surface area (Å²) >= 11 is 1.47. The molecule has 1 fully saturated rings. The lowest BCUT2D eigenvalue weighted by molar-refractivity contribution is 0.0410. The first-order valence-corrected chi connectivity index (χ1v) is 6.43. The average Bonchev–Trinajstić information content (AvgIpc) is 2.77. The molecule has 16 heavy (non-hydrogen) atoms. The van der Waals surface area contributed by atoms with E-state index in [0.717, 1.165) is 13.1 Å². The van der Waals surface area contributed by atoms with Gasteiger partial charge >= 0.3 is 0 Å². The van der Waals surface area contributed by atoms with E-state index in [1.54, 1.807) is 5.51 Å². The van der Waals surface area contributed by atoms with Crippen LogP contribution in [0.2, 0.25) is 0 Å². The fraction of sp³-hybridized carbons (Fsp3) is 0.636. The SMILES string of the molecule is CC1CN(C(=O)c2cscn2)CC(C)N1C. The number of carbonyl (C=O) groups is 1. The predicted molar refractivity (Wildman–Crippen MR) is 64.7 cm³/mol. The van der Waals surface area contributed by atoms with Crippen molar-refractivity contribution in [2.75, 3.05) is 20.1 Å². The summed E-state index contributed by atoms with van der Waals surface area (Å²) in [6, 6.07) is 0.817. The van der Waals surface area contributed by atoms with Crippen LogP contribution in [0.4, 0.5) is 0 Å². The number of thiazole rings is 1. The van der Waals surface area contributed by atoms with Crippen molar-refractivity contribution in [2.24, 2.45) is 0 Å². The van der Waals surface area contributed by atoms with E-state index in [2.05, 4.69) is 30.8 Å². The lowest BCUT2D eigenvalue weighted by Crippen LogP contribution is -2.56. The molecule has 0 radical (unpaired) electrons. The highest BCUT2D eigenvalue weighted by atomic mass is 32.1. The summed E-state index contributed by atoms with van der Waals surface area (Å²) in [4.78, 5) is 20.4. The van der Waals surface area contributed by atoms with Gasteiger partial charge in [-0.05, 0) is 20.9 Å². The van der Waals surface area contributed by atoms with Crippen molar-refractivity contribution in [2.45, 2.75) is 25.9 Å². The highest BCUT2D eigenvalue weighted by Gasteiger charge is 2.30. The summed E-state index contributed by atoms with van der Waals surface area (Å²) in [5, 5.41) is 1.82. The van der Waals surface area contributed by atoms with Crippen molar-refractivity contribution < 1.29 is 4.79 Å². The van der Waals surface area contributed by atoms with Crippen molar-refractivity contribution in [1.82, 2.24) is 14.8 Å². The van der Waals surface area contributed by atoms with E-state index in [4.69, 9.17) is 0 Å². The Morgan fingerprint density at radius 1 is 1.44 bits per heavy atom. The molecule has 5 heteroatoms. The molecule has 88 valence electrons. The van der Waals surface area contributed by atoms with Crippen molar-refractivity contribution in [3.05, 3.63) is 16.6 Å². The second kappa shape index (κ2) is 4.51. The molecule has 1 aliphatic heterocycles. The highest BCUT2D eigenvalue weighted by molar-refractivity contribution is 7.07. The van der Waals surface area contributed by atoms with Gasteiger partial charge in [0.25, 0.3) is 5.91 Å². The Labute approximate surface area is 99.9 Å². The Morgan fingerprint density at radius 3 is 2.56 bits per heavy atom. The van der Waals surface area contributed by atoms with E-state index in [1.165, 1.54) is 11.3 Å². The van der Waals surface area contributed by atoms with Gasteiger partial charge in [-0.1, -0.05) is 0 Å². The van der Waals surface area contributed by atoms with Gasteiger partial charge in [-0.3, -0.25) is 9.69 Å². The summed E-state index contributed by atoms with van der Waals surface area (Å²) in [5.74, 6) is 0.0630. The first-order valence-electron chi connectivity index (χ1n) is 5.49. The zero-order valence-corrected chi connectivity index (χ0v) is 10.7. The Hall–Kier alpha value is -0.940. The quantitative estimate of drug-likeness (QED) is 0.741. The third-order valence-corrected chi connectivity index (χ3v) is 3.88. The van der Waals surface area contributed by atoms with Crippen LogP contribution < -0.4 is 0 Å². The molecule has 2 heterocycles. The van der Waals surface area contributed by atoms with Gasteiger partial charge < -0.3 is 4.90 Å². The molecule has 0 bridgehead atoms. The van der Waals surface area contributed by atoms with Crippen molar-refractivity contribution in [1.29, 1.82) is 0 Å². The van der Waals surface area contributed by atoms with Crippen molar-refractivity contribution in [3.63, 3.8) is 0 Å². The Bertz CT molecular complexity index is 353. The van der Waals surface area contributed by atoms with Gasteiger partial charge in [0.15, 0.2) is 0 Å². The monoisotopic (exact) mass is 239 g/mol. The number of amides is 1. The minimum atomic E-state index is 0.0630. The van der Waals surface area contributed by atoms with Gasteiger partial charge in [-0.2, -0.15) is 0 Å². The minimum Gasteiger partial charge on any atom is -0.334 e. The van der Waals surface area contributed by atoms with Crippen LogP contribution in [-0.2, 0) is 0 Å². The van der Waals surface area contributed by atoms with Crippen LogP contribution in [0, 0.1) is 0 Å². The number of nitrogens with zero attached hydrogens (tertiary/aromatic N) is 3. The van der Waals surface area contributed by atoms with E-state index in [9.17, 15) is 4.79 Å². The topological polar surface area (TPSA) is 36.4 Å². The normalized spacial score (nSPS) is 27.1. The van der Waals surface area contributed by atoms with Gasteiger partial charge in [-0.15, -0.1) is 11.3 Å². The smallest absolute Gasteiger partial charge is 0.273 e. The van der Waals surface area contributed by atoms with Gasteiger partial charge in [0.1, 0.15) is 5.69 Å². The Kier molecular flexibility index (Phi) is 3.25. The molecule has 1 aliphatic rings. The molecule has 1 saturated heterocycles. The first-order chi connectivity index (χ1) is 7.59. The zero-order valence-electron chi connectivity index (χ0n) is 9.88. The van der Waals surface area contributed by atoms with E-state index in [0.29, 0.717) is 17.8 Å². The molecule has 2 unspecified atom stereocenters. The molecule has 0 spiro atoms. The number of hydrogen-bond acceptors (Lipinski definition) is 4. The molecule has 1 aromatic heterocycles. The Morgan fingerprint density at radius 2 is 2.06 bits per heavy atom. The molecule has 2 rings (SSSR count). The maximum absolute atomic E-state index is 12.1. The number of aromatic nitrogens is 1. The summed E-state index contributed by atoms with van der Waals surface area (Å²) < 4.78 is 0. The maximum Gasteiger partial charge on any atom is 0.273 e. The fourth-order valence-electron chi connectivity index (χ4n) is 2.05. The lowest BCUT2D eigenvalue weighted by Gasteiger charge is -2.42. The molecule has 0 aromatic carbocycles. The van der Waals surface area contributed by atoms with E-state index in [1.807, 2.05) is 10.3 Å². The molecular weight excluding hydrogens is 222 g/mol. The van der Waals surface area contributed by atoms with Crippen molar-refractivity contribution in [3.8, 4) is 0 Å². The van der Waals surface area contributed by atoms with E-state index < -0.39 is 0 Å². The second-order valence-corrected chi connectivity index (χ2v) is 5.17. The fourth-order valence-corrected chi connectivity index (χ4v) is 2.58. The molecule has 2 atom stereocenters. The molecule has 0 saturated carbocycles. The van der Waals surface area contributed by atoms with Crippen LogP contribution in [0.25, 0.3) is 0 Å². The molecule has 4 nitrogen and oxygen atoms in total. The van der Waals surface area contributed by atoms with Crippen LogP contribution >= 0.6 is 11.3 Å². The van der Waals surface area contributed by atoms with Crippen LogP contribution in [0.15, 0.2) is 10.9 Å². The van der Waals surface area contributed by atoms with E-state index >= 15 is 0 Å². The molecular formula is C11H17N3OS. The van der Waals surface area contributed by atoms with Crippen LogP contribution in [0.3, 0.4) is 0 Å². The van der Waals surface area contributed by atoms with Crippen LogP contribution in [0.1, 0.15) is 24.3 Å². The van der Waals surface area contributed by atoms with Crippen LogP contribution in [0.5, 0.6) is 0 Å². The number of rotatable bonds is 1. The summed E-state index contributed by atoms with van der Waals surface area (Å²) in [6.07, 6.45) is 0. The predicted octanol–water partition coefficient (Wildman–Crippen LogP) is 1.31. The molecule has 0 aliphatic carbocycles.